The minimum atomic E-state index is -2.62. The van der Waals surface area contributed by atoms with Crippen molar-refractivity contribution in [1.82, 2.24) is 4.90 Å². The van der Waals surface area contributed by atoms with E-state index in [9.17, 15) is 0 Å². The average molecular weight is 337 g/mol. The van der Waals surface area contributed by atoms with Gasteiger partial charge in [-0.1, -0.05) is 30.3 Å². The Morgan fingerprint density at radius 3 is 2.26 bits per heavy atom. The summed E-state index contributed by atoms with van der Waals surface area (Å²) >= 11 is 0. The van der Waals surface area contributed by atoms with Gasteiger partial charge in [-0.15, -0.1) is 0 Å². The van der Waals surface area contributed by atoms with Gasteiger partial charge < -0.3 is 14.5 Å². The van der Waals surface area contributed by atoms with Crippen LogP contribution in [-0.2, 0) is 10.9 Å². The Hall–Kier alpha value is -1.83. The number of fused-ring (bicyclic) bond motifs is 1. The van der Waals surface area contributed by atoms with Crippen molar-refractivity contribution in [3.8, 4) is 5.75 Å². The van der Waals surface area contributed by atoms with Gasteiger partial charge in [0.1, 0.15) is 5.75 Å². The van der Waals surface area contributed by atoms with Crippen LogP contribution in [0.4, 0.5) is 5.69 Å². The first-order valence-electron chi connectivity index (χ1n) is 7.41. The predicted molar refractivity (Wildman–Crippen MR) is 94.7 cm³/mol. The lowest BCUT2D eigenvalue weighted by atomic mass is 10.1. The molecule has 0 spiro atoms. The number of piperazine rings is 1. The van der Waals surface area contributed by atoms with E-state index in [1.165, 1.54) is 16.5 Å². The maximum atomic E-state index is 8.81. The lowest BCUT2D eigenvalue weighted by Crippen LogP contribution is -2.44. The number of thiol groups is 1. The summed E-state index contributed by atoms with van der Waals surface area (Å²) in [6.07, 6.45) is 0. The molecule has 0 bridgehead atoms. The number of ether oxygens (including phenoxy) is 1. The molecule has 0 atom stereocenters. The highest BCUT2D eigenvalue weighted by atomic mass is 32.2. The van der Waals surface area contributed by atoms with Crippen molar-refractivity contribution in [1.29, 1.82) is 0 Å². The molecule has 1 fully saturated rings. The Balaban J connectivity index is 0.000000433. The normalized spacial score (nSPS) is 15.4. The predicted octanol–water partition coefficient (Wildman–Crippen LogP) is 1.07. The number of rotatable bonds is 2. The second-order valence-corrected chi connectivity index (χ2v) is 5.99. The van der Waals surface area contributed by atoms with Gasteiger partial charge in [0.15, 0.2) is 10.9 Å². The van der Waals surface area contributed by atoms with Crippen LogP contribution in [0.3, 0.4) is 0 Å². The Bertz CT molecular complexity index is 718. The highest BCUT2D eigenvalue weighted by Gasteiger charge is 2.18. The fraction of sp³-hybridized carbons (Fsp3) is 0.375. The molecule has 2 N–H and O–H groups in total. The van der Waals surface area contributed by atoms with Gasteiger partial charge in [0, 0.05) is 31.6 Å². The summed E-state index contributed by atoms with van der Waals surface area (Å²) in [4.78, 5) is 4.79. The highest BCUT2D eigenvalue weighted by Crippen LogP contribution is 2.36. The first kappa shape index (κ1) is 17.5. The monoisotopic (exact) mass is 337 g/mol. The van der Waals surface area contributed by atoms with Crippen LogP contribution < -0.4 is 14.8 Å². The van der Waals surface area contributed by atoms with E-state index in [0.29, 0.717) is 0 Å². The van der Waals surface area contributed by atoms with Gasteiger partial charge in [-0.3, -0.25) is 0 Å². The molecular weight excluding hydrogens is 314 g/mol. The molecule has 2 aromatic rings. The molecule has 0 radical (unpaired) electrons. The third-order valence-corrected chi connectivity index (χ3v) is 3.91. The Kier molecular flexibility index (Phi) is 6.20. The molecule has 6 nitrogen and oxygen atoms in total. The van der Waals surface area contributed by atoms with Crippen molar-refractivity contribution in [2.24, 2.45) is 5.14 Å². The summed E-state index contributed by atoms with van der Waals surface area (Å²) in [6, 6.07) is 12.8. The molecule has 1 aliphatic heterocycles. The van der Waals surface area contributed by atoms with E-state index in [2.05, 4.69) is 58.4 Å². The Morgan fingerprint density at radius 1 is 1.04 bits per heavy atom. The molecule has 0 saturated carbocycles. The van der Waals surface area contributed by atoms with Crippen molar-refractivity contribution < 1.29 is 13.2 Å². The fourth-order valence-corrected chi connectivity index (χ4v) is 2.74. The molecule has 1 heterocycles. The summed E-state index contributed by atoms with van der Waals surface area (Å²) in [6.45, 7) is 4.34. The minimum absolute atomic E-state index is 1.00. The summed E-state index contributed by atoms with van der Waals surface area (Å²) in [7, 11) is 1.32. The highest BCUT2D eigenvalue weighted by molar-refractivity contribution is 7.69. The maximum absolute atomic E-state index is 8.81. The molecule has 1 aliphatic rings. The molecule has 3 rings (SSSR count). The zero-order valence-electron chi connectivity index (χ0n) is 13.4. The van der Waals surface area contributed by atoms with Crippen LogP contribution in [0.5, 0.6) is 5.75 Å². The van der Waals surface area contributed by atoms with Crippen molar-refractivity contribution in [2.45, 2.75) is 0 Å². The van der Waals surface area contributed by atoms with Gasteiger partial charge in [0.2, 0.25) is 0 Å². The molecule has 0 aliphatic carbocycles. The topological polar surface area (TPSA) is 75.9 Å². The van der Waals surface area contributed by atoms with E-state index in [-0.39, 0.29) is 0 Å². The van der Waals surface area contributed by atoms with Crippen LogP contribution >= 0.6 is 0 Å². The second-order valence-electron chi connectivity index (χ2n) is 5.41. The number of nitrogens with two attached hydrogens (primary N) is 1. The molecule has 7 heteroatoms. The minimum Gasteiger partial charge on any atom is -0.494 e. The van der Waals surface area contributed by atoms with Crippen LogP contribution in [0.2, 0.25) is 0 Å². The largest absolute Gasteiger partial charge is 0.494 e. The first-order chi connectivity index (χ1) is 11.0. The number of likely N-dealkylation sites (N-methyl/N-ethyl adjacent to an activating group) is 1. The third-order valence-electron chi connectivity index (χ3n) is 3.91. The van der Waals surface area contributed by atoms with Crippen LogP contribution in [0.25, 0.3) is 10.8 Å². The summed E-state index contributed by atoms with van der Waals surface area (Å²) < 4.78 is 23.3. The quantitative estimate of drug-likeness (QED) is 0.802. The average Bonchev–Trinajstić information content (AvgIpc) is 2.54. The van der Waals surface area contributed by atoms with Gasteiger partial charge in [0.25, 0.3) is 0 Å². The molecule has 1 saturated heterocycles. The van der Waals surface area contributed by atoms with Gasteiger partial charge in [-0.2, -0.15) is 0 Å². The Labute approximate surface area is 138 Å². The summed E-state index contributed by atoms with van der Waals surface area (Å²) in [5, 5.41) is 6.49. The number of hydrogen-bond donors (Lipinski definition) is 2. The van der Waals surface area contributed by atoms with E-state index in [1.54, 1.807) is 7.11 Å². The summed E-state index contributed by atoms with van der Waals surface area (Å²) in [5.41, 5.74) is 1.22. The Morgan fingerprint density at radius 2 is 1.65 bits per heavy atom. The lowest BCUT2D eigenvalue weighted by molar-refractivity contribution is 0.311. The van der Waals surface area contributed by atoms with Crippen LogP contribution in [0, 0.1) is 0 Å². The van der Waals surface area contributed by atoms with Gasteiger partial charge in [-0.25, -0.2) is 13.6 Å². The van der Waals surface area contributed by atoms with Crippen LogP contribution in [-0.4, -0.2) is 53.7 Å². The van der Waals surface area contributed by atoms with Gasteiger partial charge in [0.05, 0.1) is 12.8 Å². The molecule has 0 amide bonds. The van der Waals surface area contributed by atoms with Crippen LogP contribution in [0.1, 0.15) is 0 Å². The standard InChI is InChI=1S/C16H20N2O.H3NO2S/c1-17-9-11-18(12-10-17)15-8-7-13-5-3-4-6-14(13)16(15)19-2;1-4(2)3/h3-8H,9-12H2,1-2H3;4H,(H2,1,2,3). The zero-order valence-corrected chi connectivity index (χ0v) is 14.3. The molecule has 126 valence electrons. The SMILES string of the molecule is COc1c(N2CCN(C)CC2)ccc2ccccc12.N[SH](=O)=O. The van der Waals surface area contributed by atoms with E-state index >= 15 is 0 Å². The third kappa shape index (κ3) is 4.57. The van der Waals surface area contributed by atoms with Crippen molar-refractivity contribution in [2.75, 3.05) is 45.2 Å². The zero-order chi connectivity index (χ0) is 16.8. The molecular formula is C16H23N3O3S. The van der Waals surface area contributed by atoms with E-state index in [1.807, 2.05) is 0 Å². The molecule has 0 aromatic heterocycles. The van der Waals surface area contributed by atoms with Crippen LogP contribution in [0.15, 0.2) is 36.4 Å². The van der Waals surface area contributed by atoms with E-state index in [4.69, 9.17) is 13.2 Å². The number of methoxy groups -OCH3 is 1. The number of benzene rings is 2. The molecule has 0 unspecified atom stereocenters. The second kappa shape index (κ2) is 8.14. The molecule has 23 heavy (non-hydrogen) atoms. The van der Waals surface area contributed by atoms with Crippen molar-refractivity contribution in [3.63, 3.8) is 0 Å². The van der Waals surface area contributed by atoms with Crippen molar-refractivity contribution >= 4 is 27.4 Å². The van der Waals surface area contributed by atoms with Gasteiger partial charge in [-0.05, 0) is 18.5 Å². The molecule has 2 aromatic carbocycles. The smallest absolute Gasteiger partial charge is 0.198 e. The number of nitrogens with zero attached hydrogens (tertiary/aromatic N) is 2. The fourth-order valence-electron chi connectivity index (χ4n) is 2.74. The number of anilines is 1. The van der Waals surface area contributed by atoms with E-state index in [0.717, 1.165) is 31.9 Å². The summed E-state index contributed by atoms with van der Waals surface area (Å²) in [5.74, 6) is 1.00. The maximum Gasteiger partial charge on any atom is 0.198 e. The lowest BCUT2D eigenvalue weighted by Gasteiger charge is -2.35. The van der Waals surface area contributed by atoms with E-state index < -0.39 is 10.9 Å². The van der Waals surface area contributed by atoms with Gasteiger partial charge >= 0.3 is 0 Å². The number of hydrogen-bond acceptors (Lipinski definition) is 5. The first-order valence-corrected chi connectivity index (χ1v) is 8.66. The van der Waals surface area contributed by atoms with Crippen molar-refractivity contribution in [3.05, 3.63) is 36.4 Å².